The van der Waals surface area contributed by atoms with Gasteiger partial charge in [0.15, 0.2) is 0 Å². The fourth-order valence-electron chi connectivity index (χ4n) is 1.97. The zero-order valence-electron chi connectivity index (χ0n) is 12.4. The Hall–Kier alpha value is -1.69. The van der Waals surface area contributed by atoms with Crippen LogP contribution in [0.2, 0.25) is 0 Å². The van der Waals surface area contributed by atoms with Crippen LogP contribution in [0.5, 0.6) is 0 Å². The second-order valence-electron chi connectivity index (χ2n) is 4.93. The van der Waals surface area contributed by atoms with E-state index in [1.54, 1.807) is 6.20 Å². The van der Waals surface area contributed by atoms with Crippen LogP contribution >= 0.6 is 12.2 Å². The third kappa shape index (κ3) is 4.16. The lowest BCUT2D eigenvalue weighted by Gasteiger charge is -2.25. The highest BCUT2D eigenvalue weighted by Crippen LogP contribution is 2.20. The topological polar surface area (TPSA) is 71.2 Å². The average molecular weight is 294 g/mol. The van der Waals surface area contributed by atoms with Gasteiger partial charge < -0.3 is 16.0 Å². The number of carbonyl (C=O) groups excluding carboxylic acids is 1. The van der Waals surface area contributed by atoms with E-state index in [2.05, 4.69) is 10.3 Å². The molecule has 1 rings (SSSR count). The number of thiocarbonyl (C=S) groups is 1. The largest absolute Gasteiger partial charge is 0.389 e. The highest BCUT2D eigenvalue weighted by Gasteiger charge is 2.18. The van der Waals surface area contributed by atoms with Crippen LogP contribution in [-0.4, -0.2) is 35.0 Å². The Morgan fingerprint density at radius 1 is 1.55 bits per heavy atom. The minimum Gasteiger partial charge on any atom is -0.389 e. The molecule has 0 aromatic carbocycles. The number of aromatic nitrogens is 1. The first-order valence-electron chi connectivity index (χ1n) is 6.66. The molecular weight excluding hydrogens is 272 g/mol. The summed E-state index contributed by atoms with van der Waals surface area (Å²) in [7, 11) is 0. The zero-order valence-corrected chi connectivity index (χ0v) is 13.3. The molecule has 0 saturated carbocycles. The quantitative estimate of drug-likeness (QED) is 0.776. The summed E-state index contributed by atoms with van der Waals surface area (Å²) in [6.45, 7) is 8.65. The summed E-state index contributed by atoms with van der Waals surface area (Å²) in [5.41, 5.74) is 7.48. The molecule has 1 amide bonds. The molecule has 110 valence electrons. The predicted molar refractivity (Wildman–Crippen MR) is 86.0 cm³/mol. The number of nitrogens with one attached hydrogen (secondary N) is 1. The monoisotopic (exact) mass is 294 g/mol. The number of anilines is 1. The second-order valence-corrected chi connectivity index (χ2v) is 5.37. The maximum atomic E-state index is 11.9. The molecule has 1 heterocycles. The van der Waals surface area contributed by atoms with Crippen LogP contribution in [0.3, 0.4) is 0 Å². The van der Waals surface area contributed by atoms with Crippen molar-refractivity contribution in [2.45, 2.75) is 33.7 Å². The average Bonchev–Trinajstić information content (AvgIpc) is 2.34. The van der Waals surface area contributed by atoms with Crippen LogP contribution in [0.15, 0.2) is 12.3 Å². The third-order valence-corrected chi connectivity index (χ3v) is 3.06. The van der Waals surface area contributed by atoms with Gasteiger partial charge >= 0.3 is 0 Å². The van der Waals surface area contributed by atoms with E-state index in [-0.39, 0.29) is 18.5 Å². The molecule has 0 radical (unpaired) electrons. The molecule has 1 aromatic heterocycles. The van der Waals surface area contributed by atoms with Crippen LogP contribution in [0.4, 0.5) is 5.82 Å². The van der Waals surface area contributed by atoms with E-state index >= 15 is 0 Å². The van der Waals surface area contributed by atoms with Crippen molar-refractivity contribution in [1.29, 1.82) is 0 Å². The molecule has 0 aliphatic rings. The van der Waals surface area contributed by atoms with Gasteiger partial charge in [0.2, 0.25) is 5.91 Å². The number of pyridine rings is 1. The number of nitrogens with two attached hydrogens (primary N) is 1. The lowest BCUT2D eigenvalue weighted by Crippen LogP contribution is -2.41. The van der Waals surface area contributed by atoms with Crippen molar-refractivity contribution in [3.8, 4) is 0 Å². The Morgan fingerprint density at radius 2 is 2.20 bits per heavy atom. The van der Waals surface area contributed by atoms with Gasteiger partial charge in [-0.3, -0.25) is 4.79 Å². The third-order valence-electron chi connectivity index (χ3n) is 2.85. The van der Waals surface area contributed by atoms with Crippen molar-refractivity contribution < 1.29 is 4.79 Å². The van der Waals surface area contributed by atoms with Gasteiger partial charge in [-0.05, 0) is 39.3 Å². The summed E-state index contributed by atoms with van der Waals surface area (Å²) in [5, 5.41) is 2.87. The van der Waals surface area contributed by atoms with Gasteiger partial charge in [0.25, 0.3) is 0 Å². The maximum Gasteiger partial charge on any atom is 0.239 e. The van der Waals surface area contributed by atoms with Crippen molar-refractivity contribution in [2.75, 3.05) is 18.0 Å². The van der Waals surface area contributed by atoms with E-state index in [0.29, 0.717) is 17.4 Å². The van der Waals surface area contributed by atoms with E-state index in [4.69, 9.17) is 18.0 Å². The van der Waals surface area contributed by atoms with Gasteiger partial charge in [0.05, 0.1) is 12.1 Å². The molecule has 20 heavy (non-hydrogen) atoms. The highest BCUT2D eigenvalue weighted by atomic mass is 32.1. The van der Waals surface area contributed by atoms with Gasteiger partial charge in [-0.1, -0.05) is 12.2 Å². The van der Waals surface area contributed by atoms with Crippen molar-refractivity contribution in [3.63, 3.8) is 0 Å². The number of rotatable bonds is 6. The molecule has 3 N–H and O–H groups in total. The summed E-state index contributed by atoms with van der Waals surface area (Å²) < 4.78 is 0. The molecule has 0 saturated heterocycles. The number of hydrogen-bond donors (Lipinski definition) is 2. The van der Waals surface area contributed by atoms with Crippen LogP contribution in [0.25, 0.3) is 0 Å². The molecule has 0 unspecified atom stereocenters. The van der Waals surface area contributed by atoms with Crippen LogP contribution in [-0.2, 0) is 4.79 Å². The Labute approximate surface area is 125 Å². The number of aryl methyl sites for hydroxylation is 1. The van der Waals surface area contributed by atoms with E-state index in [1.165, 1.54) is 0 Å². The Bertz CT molecular complexity index is 502. The van der Waals surface area contributed by atoms with Crippen LogP contribution < -0.4 is 16.0 Å². The molecule has 0 aliphatic heterocycles. The SMILES string of the molecule is CCN(CC(=O)NC(C)C)c1nccc(C)c1C(N)=S. The molecule has 0 atom stereocenters. The molecule has 0 bridgehead atoms. The first kappa shape index (κ1) is 16.4. The molecule has 1 aromatic rings. The standard InChI is InChI=1S/C14H22N4OS/c1-5-18(8-11(19)17-9(2)3)14-12(13(15)20)10(4)6-7-16-14/h6-7,9H,5,8H2,1-4H3,(H2,15,20)(H,17,19). The van der Waals surface area contributed by atoms with Crippen molar-refractivity contribution in [2.24, 2.45) is 5.73 Å². The molecule has 5 nitrogen and oxygen atoms in total. The fourth-order valence-corrected chi connectivity index (χ4v) is 2.22. The molecule has 0 spiro atoms. The predicted octanol–water partition coefficient (Wildman–Crippen LogP) is 1.38. The van der Waals surface area contributed by atoms with Gasteiger partial charge in [0, 0.05) is 18.8 Å². The van der Waals surface area contributed by atoms with Crippen molar-refractivity contribution in [1.82, 2.24) is 10.3 Å². The summed E-state index contributed by atoms with van der Waals surface area (Å²) in [5.74, 6) is 0.623. The van der Waals surface area contributed by atoms with Crippen LogP contribution in [0, 0.1) is 6.92 Å². The van der Waals surface area contributed by atoms with Crippen LogP contribution in [0.1, 0.15) is 31.9 Å². The Balaban J connectivity index is 3.04. The van der Waals surface area contributed by atoms with E-state index in [1.807, 2.05) is 38.7 Å². The zero-order chi connectivity index (χ0) is 15.3. The van der Waals surface area contributed by atoms with Crippen molar-refractivity contribution >= 4 is 28.9 Å². The molecule has 6 heteroatoms. The first-order chi connectivity index (χ1) is 9.36. The van der Waals surface area contributed by atoms with Gasteiger partial charge in [-0.15, -0.1) is 0 Å². The van der Waals surface area contributed by atoms with Crippen molar-refractivity contribution in [3.05, 3.63) is 23.4 Å². The number of nitrogens with zero attached hydrogens (tertiary/aromatic N) is 2. The lowest BCUT2D eigenvalue weighted by molar-refractivity contribution is -0.120. The number of hydrogen-bond acceptors (Lipinski definition) is 4. The van der Waals surface area contributed by atoms with E-state index < -0.39 is 0 Å². The lowest BCUT2D eigenvalue weighted by atomic mass is 10.1. The number of carbonyl (C=O) groups is 1. The first-order valence-corrected chi connectivity index (χ1v) is 7.07. The minimum absolute atomic E-state index is 0.0426. The normalized spacial score (nSPS) is 10.4. The number of likely N-dealkylation sites (N-methyl/N-ethyl adjacent to an activating group) is 1. The molecule has 0 aliphatic carbocycles. The number of amides is 1. The molecular formula is C14H22N4OS. The summed E-state index contributed by atoms with van der Waals surface area (Å²) in [6.07, 6.45) is 1.70. The van der Waals surface area contributed by atoms with Gasteiger partial charge in [0.1, 0.15) is 10.8 Å². The molecule has 0 fully saturated rings. The fraction of sp³-hybridized carbons (Fsp3) is 0.500. The Morgan fingerprint density at radius 3 is 2.70 bits per heavy atom. The smallest absolute Gasteiger partial charge is 0.239 e. The second kappa shape index (κ2) is 7.19. The van der Waals surface area contributed by atoms with Gasteiger partial charge in [-0.2, -0.15) is 0 Å². The highest BCUT2D eigenvalue weighted by molar-refractivity contribution is 7.80. The van der Waals surface area contributed by atoms with E-state index in [9.17, 15) is 4.79 Å². The summed E-state index contributed by atoms with van der Waals surface area (Å²) in [6, 6.07) is 1.97. The van der Waals surface area contributed by atoms with E-state index in [0.717, 1.165) is 11.1 Å². The summed E-state index contributed by atoms with van der Waals surface area (Å²) in [4.78, 5) is 18.4. The Kier molecular flexibility index (Phi) is 5.88. The maximum absolute atomic E-state index is 11.9. The minimum atomic E-state index is -0.0426. The summed E-state index contributed by atoms with van der Waals surface area (Å²) >= 11 is 5.10. The van der Waals surface area contributed by atoms with Gasteiger partial charge in [-0.25, -0.2) is 4.98 Å².